The molecular formula is C19H31N. The van der Waals surface area contributed by atoms with Crippen LogP contribution in [-0.2, 0) is 6.42 Å². The van der Waals surface area contributed by atoms with Crippen LogP contribution in [0, 0.1) is 0 Å². The number of rotatable bonds is 11. The van der Waals surface area contributed by atoms with E-state index in [-0.39, 0.29) is 0 Å². The van der Waals surface area contributed by atoms with Gasteiger partial charge in [0.1, 0.15) is 0 Å². The first-order valence-electron chi connectivity index (χ1n) is 8.70. The van der Waals surface area contributed by atoms with E-state index in [1.807, 2.05) is 0 Å². The average molecular weight is 273 g/mol. The monoisotopic (exact) mass is 273 g/mol. The normalized spacial score (nSPS) is 16.8. The third-order valence-electron chi connectivity index (χ3n) is 4.56. The Morgan fingerprint density at radius 1 is 0.950 bits per heavy atom. The van der Waals surface area contributed by atoms with Gasteiger partial charge in [-0.2, -0.15) is 0 Å². The first kappa shape index (κ1) is 15.6. The summed E-state index contributed by atoms with van der Waals surface area (Å²) in [5.41, 5.74) is 3.14. The summed E-state index contributed by atoms with van der Waals surface area (Å²) in [6, 6.07) is 8.89. The first-order chi connectivity index (χ1) is 9.92. The van der Waals surface area contributed by atoms with Gasteiger partial charge in [-0.05, 0) is 30.5 Å². The molecule has 2 rings (SSSR count). The Balaban J connectivity index is 1.40. The van der Waals surface area contributed by atoms with Gasteiger partial charge in [0.05, 0.1) is 0 Å². The second kappa shape index (κ2) is 9.18. The Morgan fingerprint density at radius 2 is 1.65 bits per heavy atom. The van der Waals surface area contributed by atoms with Gasteiger partial charge < -0.3 is 5.32 Å². The zero-order valence-corrected chi connectivity index (χ0v) is 13.2. The first-order valence-corrected chi connectivity index (χ1v) is 8.70. The highest BCUT2D eigenvalue weighted by molar-refractivity contribution is 5.40. The van der Waals surface area contributed by atoms with E-state index in [4.69, 9.17) is 0 Å². The number of unbranched alkanes of at least 4 members (excludes halogenated alkanes) is 7. The molecule has 0 amide bonds. The molecule has 1 aliphatic rings. The van der Waals surface area contributed by atoms with Crippen molar-refractivity contribution in [1.29, 1.82) is 0 Å². The Labute approximate surface area is 125 Å². The van der Waals surface area contributed by atoms with Crippen LogP contribution in [0.2, 0.25) is 0 Å². The van der Waals surface area contributed by atoms with Gasteiger partial charge in [-0.1, -0.05) is 76.1 Å². The van der Waals surface area contributed by atoms with Crippen LogP contribution < -0.4 is 5.32 Å². The lowest BCUT2D eigenvalue weighted by atomic mass is 9.77. The third-order valence-corrected chi connectivity index (χ3v) is 4.56. The van der Waals surface area contributed by atoms with Crippen molar-refractivity contribution in [3.63, 3.8) is 0 Å². The van der Waals surface area contributed by atoms with E-state index in [0.29, 0.717) is 0 Å². The predicted molar refractivity (Wildman–Crippen MR) is 88.4 cm³/mol. The molecule has 0 aliphatic heterocycles. The summed E-state index contributed by atoms with van der Waals surface area (Å²) < 4.78 is 0. The molecule has 0 heterocycles. The topological polar surface area (TPSA) is 12.0 Å². The fourth-order valence-electron chi connectivity index (χ4n) is 3.20. The molecule has 1 aromatic rings. The highest BCUT2D eigenvalue weighted by Gasteiger charge is 2.24. The minimum absolute atomic E-state index is 0.778. The minimum atomic E-state index is 0.778. The van der Waals surface area contributed by atoms with Crippen molar-refractivity contribution in [3.05, 3.63) is 35.4 Å². The molecule has 0 fully saturated rings. The molecule has 1 N–H and O–H groups in total. The standard InChI is InChI=1S/C19H31N/c1-2-3-4-5-6-7-8-11-14-20-16-18-15-17-12-9-10-13-19(17)18/h9-10,12-13,18,20H,2-8,11,14-16H2,1H3. The SMILES string of the molecule is CCCCCCCCCCNCC1Cc2ccccc21. The van der Waals surface area contributed by atoms with Crippen LogP contribution in [0.25, 0.3) is 0 Å². The molecule has 0 saturated carbocycles. The molecule has 112 valence electrons. The molecule has 1 aliphatic carbocycles. The predicted octanol–water partition coefficient (Wildman–Crippen LogP) is 5.06. The summed E-state index contributed by atoms with van der Waals surface area (Å²) in [4.78, 5) is 0. The van der Waals surface area contributed by atoms with Gasteiger partial charge in [-0.15, -0.1) is 0 Å². The van der Waals surface area contributed by atoms with Crippen LogP contribution >= 0.6 is 0 Å². The molecule has 1 unspecified atom stereocenters. The summed E-state index contributed by atoms with van der Waals surface area (Å²) in [6.45, 7) is 4.66. The number of fused-ring (bicyclic) bond motifs is 1. The van der Waals surface area contributed by atoms with Crippen molar-refractivity contribution in [3.8, 4) is 0 Å². The Hall–Kier alpha value is -0.820. The molecule has 0 aromatic heterocycles. The maximum absolute atomic E-state index is 3.64. The van der Waals surface area contributed by atoms with Gasteiger partial charge >= 0.3 is 0 Å². The van der Waals surface area contributed by atoms with Gasteiger partial charge in [0.2, 0.25) is 0 Å². The van der Waals surface area contributed by atoms with Crippen LogP contribution in [0.15, 0.2) is 24.3 Å². The smallest absolute Gasteiger partial charge is 0.00234 e. The van der Waals surface area contributed by atoms with Gasteiger partial charge in [-0.3, -0.25) is 0 Å². The molecule has 1 atom stereocenters. The van der Waals surface area contributed by atoms with Crippen LogP contribution in [-0.4, -0.2) is 13.1 Å². The maximum Gasteiger partial charge on any atom is 0.00234 e. The number of hydrogen-bond donors (Lipinski definition) is 1. The molecule has 0 spiro atoms. The molecular weight excluding hydrogens is 242 g/mol. The van der Waals surface area contributed by atoms with Crippen molar-refractivity contribution < 1.29 is 0 Å². The second-order valence-electron chi connectivity index (χ2n) is 6.28. The van der Waals surface area contributed by atoms with Crippen molar-refractivity contribution >= 4 is 0 Å². The van der Waals surface area contributed by atoms with Crippen molar-refractivity contribution in [2.45, 2.75) is 70.6 Å². The lowest BCUT2D eigenvalue weighted by Gasteiger charge is -2.30. The summed E-state index contributed by atoms with van der Waals surface area (Å²) >= 11 is 0. The van der Waals surface area contributed by atoms with E-state index < -0.39 is 0 Å². The molecule has 0 saturated heterocycles. The average Bonchev–Trinajstić information content (AvgIpc) is 2.45. The van der Waals surface area contributed by atoms with E-state index in [9.17, 15) is 0 Å². The zero-order chi connectivity index (χ0) is 14.0. The number of benzene rings is 1. The van der Waals surface area contributed by atoms with Crippen LogP contribution in [0.1, 0.15) is 75.3 Å². The largest absolute Gasteiger partial charge is 0.316 e. The number of nitrogens with one attached hydrogen (secondary N) is 1. The van der Waals surface area contributed by atoms with Gasteiger partial charge in [0.25, 0.3) is 0 Å². The minimum Gasteiger partial charge on any atom is -0.316 e. The lowest BCUT2D eigenvalue weighted by molar-refractivity contribution is 0.511. The lowest BCUT2D eigenvalue weighted by Crippen LogP contribution is -2.29. The second-order valence-corrected chi connectivity index (χ2v) is 6.28. The molecule has 0 bridgehead atoms. The Bertz CT molecular complexity index is 372. The van der Waals surface area contributed by atoms with E-state index >= 15 is 0 Å². The summed E-state index contributed by atoms with van der Waals surface area (Å²) in [7, 11) is 0. The van der Waals surface area contributed by atoms with Crippen molar-refractivity contribution in [1.82, 2.24) is 5.32 Å². The fourth-order valence-corrected chi connectivity index (χ4v) is 3.20. The van der Waals surface area contributed by atoms with Crippen molar-refractivity contribution in [2.24, 2.45) is 0 Å². The van der Waals surface area contributed by atoms with E-state index in [0.717, 1.165) is 5.92 Å². The van der Waals surface area contributed by atoms with E-state index in [1.165, 1.54) is 70.9 Å². The highest BCUT2D eigenvalue weighted by Crippen LogP contribution is 2.33. The van der Waals surface area contributed by atoms with Crippen molar-refractivity contribution in [2.75, 3.05) is 13.1 Å². The Morgan fingerprint density at radius 3 is 2.40 bits per heavy atom. The molecule has 1 aromatic carbocycles. The highest BCUT2D eigenvalue weighted by atomic mass is 14.9. The zero-order valence-electron chi connectivity index (χ0n) is 13.2. The van der Waals surface area contributed by atoms with Gasteiger partial charge in [0.15, 0.2) is 0 Å². The van der Waals surface area contributed by atoms with Gasteiger partial charge in [0, 0.05) is 12.5 Å². The fraction of sp³-hybridized carbons (Fsp3) is 0.684. The maximum atomic E-state index is 3.64. The molecule has 1 heteroatoms. The Kier molecular flexibility index (Phi) is 7.14. The summed E-state index contributed by atoms with van der Waals surface area (Å²) in [5, 5.41) is 3.64. The molecule has 0 radical (unpaired) electrons. The summed E-state index contributed by atoms with van der Waals surface area (Å²) in [6.07, 6.45) is 12.6. The van der Waals surface area contributed by atoms with Crippen LogP contribution in [0.4, 0.5) is 0 Å². The third kappa shape index (κ3) is 4.94. The number of hydrogen-bond acceptors (Lipinski definition) is 1. The van der Waals surface area contributed by atoms with Crippen LogP contribution in [0.5, 0.6) is 0 Å². The van der Waals surface area contributed by atoms with E-state index in [2.05, 4.69) is 36.5 Å². The van der Waals surface area contributed by atoms with Gasteiger partial charge in [-0.25, -0.2) is 0 Å². The molecule has 20 heavy (non-hydrogen) atoms. The van der Waals surface area contributed by atoms with E-state index in [1.54, 1.807) is 11.1 Å². The van der Waals surface area contributed by atoms with Crippen LogP contribution in [0.3, 0.4) is 0 Å². The quantitative estimate of drug-likeness (QED) is 0.556. The molecule has 1 nitrogen and oxygen atoms in total. The summed E-state index contributed by atoms with van der Waals surface area (Å²) in [5.74, 6) is 0.778.